The Labute approximate surface area is 161 Å². The lowest BCUT2D eigenvalue weighted by Gasteiger charge is -2.38. The summed E-state index contributed by atoms with van der Waals surface area (Å²) in [6, 6.07) is 8.80. The highest BCUT2D eigenvalue weighted by Gasteiger charge is 2.40. The number of hydrogen-bond donors (Lipinski definition) is 0. The molecule has 26 heavy (non-hydrogen) atoms. The second-order valence-electron chi connectivity index (χ2n) is 6.50. The normalized spacial score (nSPS) is 20.4. The second kappa shape index (κ2) is 6.86. The van der Waals surface area contributed by atoms with Gasteiger partial charge in [0.25, 0.3) is 0 Å². The third kappa shape index (κ3) is 2.93. The van der Waals surface area contributed by atoms with Gasteiger partial charge in [0.15, 0.2) is 5.78 Å². The van der Waals surface area contributed by atoms with E-state index in [9.17, 15) is 9.59 Å². The number of allylic oxidation sites excluding steroid dienone is 2. The van der Waals surface area contributed by atoms with E-state index in [0.717, 1.165) is 23.3 Å². The number of halogens is 2. The van der Waals surface area contributed by atoms with Crippen molar-refractivity contribution in [1.29, 1.82) is 0 Å². The number of carbonyl (C=O) groups is 2. The van der Waals surface area contributed by atoms with Crippen molar-refractivity contribution in [3.8, 4) is 0 Å². The van der Waals surface area contributed by atoms with Crippen molar-refractivity contribution in [3.63, 3.8) is 0 Å². The number of carbonyl (C=O) groups excluding carboxylic acids is 2. The lowest BCUT2D eigenvalue weighted by molar-refractivity contribution is -0.119. The smallest absolute Gasteiger partial charge is 0.232 e. The van der Waals surface area contributed by atoms with Crippen LogP contribution in [0.2, 0.25) is 10.0 Å². The number of benzene rings is 1. The molecule has 0 N–H and O–H groups in total. The van der Waals surface area contributed by atoms with Gasteiger partial charge in [0, 0.05) is 47.4 Å². The molecule has 1 atom stereocenters. The van der Waals surface area contributed by atoms with Crippen LogP contribution in [0.15, 0.2) is 54.0 Å². The maximum Gasteiger partial charge on any atom is 0.232 e. The molecule has 1 unspecified atom stereocenters. The molecular formula is C20H16Cl2N2O2. The molecule has 132 valence electrons. The summed E-state index contributed by atoms with van der Waals surface area (Å²) in [5.41, 5.74) is 3.02. The third-order valence-electron chi connectivity index (χ3n) is 4.93. The first-order chi connectivity index (χ1) is 12.6. The zero-order chi connectivity index (χ0) is 18.3. The molecule has 0 saturated carbocycles. The number of amides is 1. The molecule has 1 aliphatic carbocycles. The van der Waals surface area contributed by atoms with E-state index >= 15 is 0 Å². The number of pyridine rings is 1. The number of anilines is 1. The summed E-state index contributed by atoms with van der Waals surface area (Å²) >= 11 is 12.4. The summed E-state index contributed by atoms with van der Waals surface area (Å²) in [5.74, 6) is -0.184. The van der Waals surface area contributed by atoms with Crippen LogP contribution in [-0.2, 0) is 9.59 Å². The Morgan fingerprint density at radius 3 is 2.54 bits per heavy atom. The zero-order valence-electron chi connectivity index (χ0n) is 13.9. The van der Waals surface area contributed by atoms with E-state index in [1.807, 2.05) is 12.1 Å². The Morgan fingerprint density at radius 1 is 1.04 bits per heavy atom. The van der Waals surface area contributed by atoms with Gasteiger partial charge in [0.05, 0.1) is 10.7 Å². The average molecular weight is 387 g/mol. The lowest BCUT2D eigenvalue weighted by atomic mass is 9.77. The molecule has 2 aromatic rings. The van der Waals surface area contributed by atoms with E-state index in [-0.39, 0.29) is 24.0 Å². The summed E-state index contributed by atoms with van der Waals surface area (Å²) in [6.07, 6.45) is 5.53. The van der Waals surface area contributed by atoms with Crippen LogP contribution in [0.25, 0.3) is 0 Å². The lowest BCUT2D eigenvalue weighted by Crippen LogP contribution is -2.40. The van der Waals surface area contributed by atoms with Gasteiger partial charge in [0.2, 0.25) is 5.91 Å². The molecule has 2 heterocycles. The van der Waals surface area contributed by atoms with Crippen molar-refractivity contribution >= 4 is 40.6 Å². The molecule has 0 spiro atoms. The van der Waals surface area contributed by atoms with Crippen LogP contribution < -0.4 is 4.90 Å². The second-order valence-corrected chi connectivity index (χ2v) is 7.34. The minimum Gasteiger partial charge on any atom is -0.294 e. The summed E-state index contributed by atoms with van der Waals surface area (Å²) in [7, 11) is 0. The minimum absolute atomic E-state index is 0.0653. The van der Waals surface area contributed by atoms with Crippen LogP contribution in [0.1, 0.15) is 37.2 Å². The summed E-state index contributed by atoms with van der Waals surface area (Å²) in [5, 5.41) is 0.907. The highest BCUT2D eigenvalue weighted by atomic mass is 35.5. The minimum atomic E-state index is -0.226. The van der Waals surface area contributed by atoms with E-state index in [1.54, 1.807) is 35.5 Å². The fourth-order valence-corrected chi connectivity index (χ4v) is 4.31. The van der Waals surface area contributed by atoms with E-state index < -0.39 is 0 Å². The van der Waals surface area contributed by atoms with E-state index in [0.29, 0.717) is 28.6 Å². The molecule has 0 bridgehead atoms. The Hall–Kier alpha value is -2.17. The third-order valence-corrected chi connectivity index (χ3v) is 5.47. The van der Waals surface area contributed by atoms with Gasteiger partial charge in [-0.05, 0) is 48.7 Å². The van der Waals surface area contributed by atoms with Crippen molar-refractivity contribution in [2.75, 3.05) is 4.90 Å². The van der Waals surface area contributed by atoms with Crippen LogP contribution in [-0.4, -0.2) is 16.7 Å². The van der Waals surface area contributed by atoms with Crippen LogP contribution in [0.4, 0.5) is 5.69 Å². The number of rotatable bonds is 2. The summed E-state index contributed by atoms with van der Waals surface area (Å²) in [4.78, 5) is 31.5. The Morgan fingerprint density at radius 2 is 1.81 bits per heavy atom. The van der Waals surface area contributed by atoms with E-state index in [2.05, 4.69) is 4.98 Å². The first-order valence-corrected chi connectivity index (χ1v) is 9.26. The Bertz CT molecular complexity index is 925. The molecule has 0 fully saturated rings. The standard InChI is InChI=1S/C20H16Cl2N2O2/c21-13-4-5-16(15(22)10-13)24-17-2-1-3-18(25)20(17)14(11-19(24)26)12-6-8-23-9-7-12/h4-10,14H,1-3,11H2. The number of ketones is 1. The molecular weight excluding hydrogens is 371 g/mol. The zero-order valence-corrected chi connectivity index (χ0v) is 15.4. The molecule has 4 rings (SSSR count). The van der Waals surface area contributed by atoms with Crippen molar-refractivity contribution in [2.24, 2.45) is 0 Å². The van der Waals surface area contributed by atoms with Gasteiger partial charge in [-0.15, -0.1) is 0 Å². The van der Waals surface area contributed by atoms with Gasteiger partial charge >= 0.3 is 0 Å². The largest absolute Gasteiger partial charge is 0.294 e. The van der Waals surface area contributed by atoms with Crippen LogP contribution >= 0.6 is 23.2 Å². The molecule has 1 aromatic carbocycles. The number of hydrogen-bond acceptors (Lipinski definition) is 3. The van der Waals surface area contributed by atoms with Crippen molar-refractivity contribution in [3.05, 3.63) is 69.6 Å². The fourth-order valence-electron chi connectivity index (χ4n) is 3.82. The van der Waals surface area contributed by atoms with Gasteiger partial charge in [0.1, 0.15) is 0 Å². The molecule has 0 radical (unpaired) electrons. The van der Waals surface area contributed by atoms with Crippen LogP contribution in [0.5, 0.6) is 0 Å². The predicted molar refractivity (Wildman–Crippen MR) is 101 cm³/mol. The Kier molecular flexibility index (Phi) is 4.55. The molecule has 0 saturated heterocycles. The molecule has 1 aliphatic heterocycles. The average Bonchev–Trinajstić information content (AvgIpc) is 2.63. The molecule has 2 aliphatic rings. The van der Waals surface area contributed by atoms with E-state index in [1.165, 1.54) is 0 Å². The Balaban J connectivity index is 1.88. The fraction of sp³-hybridized carbons (Fsp3) is 0.250. The number of nitrogens with zero attached hydrogens (tertiary/aromatic N) is 2. The topological polar surface area (TPSA) is 50.3 Å². The first-order valence-electron chi connectivity index (χ1n) is 8.50. The van der Waals surface area contributed by atoms with Crippen LogP contribution in [0, 0.1) is 0 Å². The quantitative estimate of drug-likeness (QED) is 0.735. The van der Waals surface area contributed by atoms with E-state index in [4.69, 9.17) is 23.2 Å². The summed E-state index contributed by atoms with van der Waals surface area (Å²) in [6.45, 7) is 0. The van der Waals surface area contributed by atoms with Gasteiger partial charge in [-0.25, -0.2) is 0 Å². The van der Waals surface area contributed by atoms with Crippen molar-refractivity contribution in [2.45, 2.75) is 31.6 Å². The molecule has 4 nitrogen and oxygen atoms in total. The first kappa shape index (κ1) is 17.3. The number of aromatic nitrogens is 1. The van der Waals surface area contributed by atoms with Gasteiger partial charge in [-0.3, -0.25) is 19.5 Å². The van der Waals surface area contributed by atoms with Crippen molar-refractivity contribution in [1.82, 2.24) is 4.98 Å². The monoisotopic (exact) mass is 386 g/mol. The highest BCUT2D eigenvalue weighted by Crippen LogP contribution is 2.44. The highest BCUT2D eigenvalue weighted by molar-refractivity contribution is 6.37. The maximum absolute atomic E-state index is 13.1. The number of Topliss-reactive ketones (excluding diaryl/α,β-unsaturated/α-hetero) is 1. The molecule has 1 aromatic heterocycles. The SMILES string of the molecule is O=C1CCCC2=C1C(c1ccncc1)CC(=O)N2c1ccc(Cl)cc1Cl. The van der Waals surface area contributed by atoms with Crippen molar-refractivity contribution < 1.29 is 9.59 Å². The maximum atomic E-state index is 13.1. The van der Waals surface area contributed by atoms with Gasteiger partial charge in [-0.1, -0.05) is 23.2 Å². The van der Waals surface area contributed by atoms with Gasteiger partial charge < -0.3 is 0 Å². The van der Waals surface area contributed by atoms with Gasteiger partial charge in [-0.2, -0.15) is 0 Å². The predicted octanol–water partition coefficient (Wildman–Crippen LogP) is 4.92. The van der Waals surface area contributed by atoms with Crippen LogP contribution in [0.3, 0.4) is 0 Å². The molecule has 1 amide bonds. The molecule has 6 heteroatoms. The summed E-state index contributed by atoms with van der Waals surface area (Å²) < 4.78 is 0.